The average Bonchev–Trinajstić information content (AvgIpc) is 3.47. The van der Waals surface area contributed by atoms with Crippen LogP contribution in [0.15, 0.2) is 95.4 Å². The summed E-state index contributed by atoms with van der Waals surface area (Å²) in [5.74, 6) is 0. The first-order valence-electron chi connectivity index (χ1n) is 15.2. The minimum Gasteiger partial charge on any atom is -0.443 e. The molecule has 0 saturated heterocycles. The van der Waals surface area contributed by atoms with Crippen molar-refractivity contribution in [1.82, 2.24) is 4.31 Å². The molecule has 8 nitrogen and oxygen atoms in total. The summed E-state index contributed by atoms with van der Waals surface area (Å²) in [5, 5.41) is 0. The summed E-state index contributed by atoms with van der Waals surface area (Å²) in [7, 11) is -1.01. The topological polar surface area (TPSA) is 90.2 Å². The van der Waals surface area contributed by atoms with Crippen molar-refractivity contribution in [2.45, 2.75) is 77.7 Å². The normalized spacial score (nSPS) is 20.9. The molecule has 9 heteroatoms. The van der Waals surface area contributed by atoms with Gasteiger partial charge in [-0.15, -0.1) is 4.31 Å². The number of rotatable bonds is 5. The third-order valence-corrected chi connectivity index (χ3v) is 9.82. The summed E-state index contributed by atoms with van der Waals surface area (Å²) in [6, 6.07) is 16.5. The van der Waals surface area contributed by atoms with Gasteiger partial charge in [-0.3, -0.25) is 4.55 Å². The Hall–Kier alpha value is -3.95. The predicted octanol–water partition coefficient (Wildman–Crippen LogP) is 7.57. The summed E-state index contributed by atoms with van der Waals surface area (Å²) in [4.78, 5) is 15.6. The van der Waals surface area contributed by atoms with Crippen molar-refractivity contribution in [3.63, 3.8) is 0 Å². The fraction of sp³-hybridized carbons (Fsp3) is 0.389. The van der Waals surface area contributed by atoms with Crippen molar-refractivity contribution < 1.29 is 27.1 Å². The highest BCUT2D eigenvalue weighted by Gasteiger charge is 2.43. The molecule has 2 heterocycles. The number of carbonyl (C=O) groups is 1. The number of anilines is 1. The van der Waals surface area contributed by atoms with Gasteiger partial charge in [0, 0.05) is 41.6 Å². The van der Waals surface area contributed by atoms with Crippen LogP contribution in [0.3, 0.4) is 0 Å². The number of amides is 1. The van der Waals surface area contributed by atoms with E-state index in [1.807, 2.05) is 62.7 Å². The molecule has 5 rings (SSSR count). The van der Waals surface area contributed by atoms with Crippen LogP contribution in [0.5, 0.6) is 0 Å². The van der Waals surface area contributed by atoms with Crippen LogP contribution in [0.1, 0.15) is 72.4 Å². The molecular weight excluding hydrogens is 586 g/mol. The molecule has 1 aliphatic carbocycles. The van der Waals surface area contributed by atoms with E-state index in [-0.39, 0.29) is 16.5 Å². The van der Waals surface area contributed by atoms with E-state index in [1.165, 1.54) is 11.1 Å². The van der Waals surface area contributed by atoms with Crippen molar-refractivity contribution in [2.75, 3.05) is 19.0 Å². The first kappa shape index (κ1) is 32.4. The Kier molecular flexibility index (Phi) is 8.03. The van der Waals surface area contributed by atoms with Gasteiger partial charge in [0.25, 0.3) is 0 Å². The fourth-order valence-corrected chi connectivity index (χ4v) is 7.56. The van der Waals surface area contributed by atoms with Gasteiger partial charge in [0.1, 0.15) is 12.6 Å². The maximum Gasteiger partial charge on any atom is 0.430 e. The molecule has 1 amide bonds. The number of likely N-dealkylation sites (N-methyl/N-ethyl adjacent to an activating group) is 1. The van der Waals surface area contributed by atoms with E-state index < -0.39 is 22.0 Å². The minimum atomic E-state index is -5.04. The molecule has 3 aliphatic rings. The van der Waals surface area contributed by atoms with Crippen LogP contribution in [-0.4, -0.2) is 53.4 Å². The fourth-order valence-electron chi connectivity index (χ4n) is 6.86. The van der Waals surface area contributed by atoms with Gasteiger partial charge < -0.3 is 9.64 Å². The molecule has 0 atom stereocenters. The molecule has 45 heavy (non-hydrogen) atoms. The summed E-state index contributed by atoms with van der Waals surface area (Å²) in [6.45, 7) is 13.6. The highest BCUT2D eigenvalue weighted by atomic mass is 32.2. The largest absolute Gasteiger partial charge is 0.443 e. The van der Waals surface area contributed by atoms with E-state index in [9.17, 15) is 17.8 Å². The predicted molar refractivity (Wildman–Crippen MR) is 179 cm³/mol. The molecule has 2 aromatic rings. The number of para-hydroxylation sites is 2. The van der Waals surface area contributed by atoms with Crippen LogP contribution in [0.4, 0.5) is 16.2 Å². The zero-order valence-corrected chi connectivity index (χ0v) is 28.5. The van der Waals surface area contributed by atoms with Crippen molar-refractivity contribution in [2.24, 2.45) is 0 Å². The number of carbonyl (C=O) groups excluding carboxylic acids is 1. The van der Waals surface area contributed by atoms with Gasteiger partial charge in [0.15, 0.2) is 5.71 Å². The molecule has 238 valence electrons. The van der Waals surface area contributed by atoms with Gasteiger partial charge in [-0.05, 0) is 76.3 Å². The van der Waals surface area contributed by atoms with Gasteiger partial charge >= 0.3 is 16.4 Å². The molecule has 2 aliphatic heterocycles. The molecule has 0 aromatic heterocycles. The monoisotopic (exact) mass is 630 g/mol. The van der Waals surface area contributed by atoms with Gasteiger partial charge in [0.2, 0.25) is 5.69 Å². The first-order valence-corrected chi connectivity index (χ1v) is 16.6. The molecule has 0 spiro atoms. The maximum atomic E-state index is 13.5. The average molecular weight is 631 g/mol. The van der Waals surface area contributed by atoms with E-state index in [2.05, 4.69) is 61.4 Å². The first-order chi connectivity index (χ1) is 20.9. The van der Waals surface area contributed by atoms with Crippen LogP contribution in [0.2, 0.25) is 0 Å². The second-order valence-electron chi connectivity index (χ2n) is 14.0. The Bertz CT molecular complexity index is 1840. The Morgan fingerprint density at radius 2 is 1.58 bits per heavy atom. The van der Waals surface area contributed by atoms with Gasteiger partial charge in [-0.2, -0.15) is 13.0 Å². The molecule has 0 saturated carbocycles. The van der Waals surface area contributed by atoms with Gasteiger partial charge in [-0.1, -0.05) is 62.4 Å². The van der Waals surface area contributed by atoms with Crippen molar-refractivity contribution in [3.8, 4) is 0 Å². The maximum absolute atomic E-state index is 13.5. The Morgan fingerprint density at radius 1 is 0.956 bits per heavy atom. The molecule has 0 fully saturated rings. The molecule has 0 unspecified atom stereocenters. The lowest BCUT2D eigenvalue weighted by atomic mass is 9.81. The summed E-state index contributed by atoms with van der Waals surface area (Å²) in [5.41, 5.74) is 6.40. The van der Waals surface area contributed by atoms with E-state index in [1.54, 1.807) is 20.8 Å². The molecule has 2 aromatic carbocycles. The molecule has 0 bridgehead atoms. The number of allylic oxidation sites excluding steroid dienone is 7. The Morgan fingerprint density at radius 3 is 2.18 bits per heavy atom. The van der Waals surface area contributed by atoms with E-state index in [0.29, 0.717) is 28.3 Å². The molecule has 1 N–H and O–H groups in total. The van der Waals surface area contributed by atoms with Crippen LogP contribution >= 0.6 is 0 Å². The Labute approximate surface area is 267 Å². The molecule has 0 radical (unpaired) electrons. The second kappa shape index (κ2) is 11.1. The van der Waals surface area contributed by atoms with E-state index >= 15 is 0 Å². The lowest BCUT2D eigenvalue weighted by molar-refractivity contribution is -0.401. The minimum absolute atomic E-state index is 0.118. The highest BCUT2D eigenvalue weighted by Crippen LogP contribution is 2.47. The van der Waals surface area contributed by atoms with Crippen molar-refractivity contribution >= 4 is 33.5 Å². The van der Waals surface area contributed by atoms with Gasteiger partial charge in [-0.25, -0.2) is 4.79 Å². The number of hydrogen-bond donors (Lipinski definition) is 1. The van der Waals surface area contributed by atoms with Crippen LogP contribution in [-0.2, 0) is 25.9 Å². The number of nitrogens with zero attached hydrogens (tertiary/aromatic N) is 3. The van der Waals surface area contributed by atoms with E-state index in [4.69, 9.17) is 4.74 Å². The highest BCUT2D eigenvalue weighted by molar-refractivity contribution is 7.84. The molecular formula is C36H44N3O5S+. The second-order valence-corrected chi connectivity index (χ2v) is 15.2. The zero-order valence-electron chi connectivity index (χ0n) is 27.7. The zero-order chi connectivity index (χ0) is 33.1. The number of fused-ring (bicyclic) bond motifs is 2. The van der Waals surface area contributed by atoms with Crippen molar-refractivity contribution in [1.29, 1.82) is 0 Å². The number of benzene rings is 2. The summed E-state index contributed by atoms with van der Waals surface area (Å²) in [6.07, 6.45) is 7.49. The van der Waals surface area contributed by atoms with Crippen LogP contribution < -0.4 is 4.90 Å². The summed E-state index contributed by atoms with van der Waals surface area (Å²) >= 11 is 0. The third-order valence-electron chi connectivity index (χ3n) is 9.03. The van der Waals surface area contributed by atoms with E-state index in [0.717, 1.165) is 22.8 Å². The van der Waals surface area contributed by atoms with Crippen molar-refractivity contribution in [3.05, 3.63) is 107 Å². The van der Waals surface area contributed by atoms with Crippen LogP contribution in [0.25, 0.3) is 0 Å². The lowest BCUT2D eigenvalue weighted by Crippen LogP contribution is -2.40. The third kappa shape index (κ3) is 5.79. The SMILES string of the molecule is CN1/C(=C/C=C2\CCC(/C=C/C3=[N+](C)c4ccccc4C3(C)C)=C2N(C(=O)OC(C)(C)C)S(=O)(=O)O)C(C)(C)c2ccccc21. The number of hydrogen-bond acceptors (Lipinski definition) is 5. The quantitative estimate of drug-likeness (QED) is 0.271. The Balaban J connectivity index is 1.65. The lowest BCUT2D eigenvalue weighted by Gasteiger charge is -2.27. The van der Waals surface area contributed by atoms with Gasteiger partial charge in [0.05, 0.1) is 11.1 Å². The number of ether oxygens (including phenoxy) is 1. The standard InChI is InChI=1S/C36H43N3O5S/c1-34(2,3)44-33(40)39(45(41,42)43)32-24(20-22-30-35(4,5)26-14-10-12-16-28(26)37(30)8)18-19-25(32)21-23-31-36(6,7)27-15-11-13-17-29(27)38(31)9/h10-17,20-23H,18-19H2,1-9H3/p+1. The summed E-state index contributed by atoms with van der Waals surface area (Å²) < 4.78 is 44.4. The smallest absolute Gasteiger partial charge is 0.430 e. The van der Waals surface area contributed by atoms with Crippen LogP contribution in [0, 0.1) is 0 Å².